The molecule has 0 heterocycles. The van der Waals surface area contributed by atoms with Crippen LogP contribution >= 0.6 is 8.81 Å². The number of ether oxygens (including phenoxy) is 3. The summed E-state index contributed by atoms with van der Waals surface area (Å²) in [7, 11) is 0.112. The molecule has 0 aromatic heterocycles. The average molecular weight is 625 g/mol. The van der Waals surface area contributed by atoms with Crippen molar-refractivity contribution in [2.45, 2.75) is 46.8 Å². The summed E-state index contributed by atoms with van der Waals surface area (Å²) in [6, 6.07) is 26.2. The van der Waals surface area contributed by atoms with E-state index in [9.17, 15) is 14.7 Å². The molecule has 0 saturated carbocycles. The minimum absolute atomic E-state index is 0.0238. The van der Waals surface area contributed by atoms with Gasteiger partial charge in [-0.15, -0.1) is 0 Å². The highest BCUT2D eigenvalue weighted by molar-refractivity contribution is 7.32. The van der Waals surface area contributed by atoms with E-state index < -0.39 is 11.9 Å². The molecule has 0 aliphatic rings. The van der Waals surface area contributed by atoms with Gasteiger partial charge in [0.15, 0.2) is 0 Å². The van der Waals surface area contributed by atoms with Gasteiger partial charge in [0.1, 0.15) is 28.4 Å². The van der Waals surface area contributed by atoms with Gasteiger partial charge in [-0.1, -0.05) is 66.7 Å². The maximum absolute atomic E-state index is 13.6. The topological polar surface area (TPSA) is 91.3 Å². The van der Waals surface area contributed by atoms with Crippen LogP contribution in [0.3, 0.4) is 0 Å². The summed E-state index contributed by atoms with van der Waals surface area (Å²) in [5.74, 6) is -0.385. The molecule has 0 aliphatic heterocycles. The molecular weight excluding hydrogens is 587 g/mol. The van der Waals surface area contributed by atoms with Crippen molar-refractivity contribution in [1.29, 1.82) is 0 Å². The van der Waals surface area contributed by atoms with Crippen LogP contribution in [0.4, 0.5) is 0 Å². The second kappa shape index (κ2) is 14.0. The van der Waals surface area contributed by atoms with E-state index >= 15 is 0 Å². The van der Waals surface area contributed by atoms with Gasteiger partial charge in [0.2, 0.25) is 0 Å². The van der Waals surface area contributed by atoms with Crippen molar-refractivity contribution in [3.8, 4) is 28.4 Å². The molecule has 0 saturated heterocycles. The van der Waals surface area contributed by atoms with Crippen LogP contribution in [-0.2, 0) is 9.47 Å². The van der Waals surface area contributed by atoms with Crippen LogP contribution in [0.1, 0.15) is 54.0 Å². The second-order valence-corrected chi connectivity index (χ2v) is 12.2. The summed E-state index contributed by atoms with van der Waals surface area (Å²) in [4.78, 5) is 26.8. The predicted octanol–water partition coefficient (Wildman–Crippen LogP) is 8.86. The van der Waals surface area contributed by atoms with E-state index in [2.05, 4.69) is 0 Å². The van der Waals surface area contributed by atoms with Gasteiger partial charge in [-0.05, 0) is 79.9 Å². The maximum Gasteiger partial charge on any atom is 0.342 e. The molecule has 45 heavy (non-hydrogen) atoms. The summed E-state index contributed by atoms with van der Waals surface area (Å²) >= 11 is 0. The van der Waals surface area contributed by atoms with Crippen molar-refractivity contribution in [1.82, 2.24) is 0 Å². The normalized spacial score (nSPS) is 11.5. The van der Waals surface area contributed by atoms with Crippen LogP contribution in [0.5, 0.6) is 17.2 Å². The molecule has 0 fully saturated rings. The predicted molar refractivity (Wildman–Crippen MR) is 180 cm³/mol. The Morgan fingerprint density at radius 1 is 0.733 bits per heavy atom. The Balaban J connectivity index is 1.69. The quantitative estimate of drug-likeness (QED) is 0.0892. The van der Waals surface area contributed by atoms with Crippen molar-refractivity contribution >= 4 is 42.3 Å². The number of para-hydroxylation sites is 1. The van der Waals surface area contributed by atoms with Crippen LogP contribution in [0.15, 0.2) is 84.9 Å². The number of phenolic OH excluding ortho intramolecular Hbond substituents is 1. The lowest BCUT2D eigenvalue weighted by Gasteiger charge is -2.22. The van der Waals surface area contributed by atoms with Crippen LogP contribution in [0.2, 0.25) is 0 Å². The summed E-state index contributed by atoms with van der Waals surface area (Å²) in [6.45, 7) is 9.30. The summed E-state index contributed by atoms with van der Waals surface area (Å²) in [5.41, 5.74) is 2.14. The van der Waals surface area contributed by atoms with Gasteiger partial charge in [0.05, 0.1) is 27.6 Å². The van der Waals surface area contributed by atoms with Gasteiger partial charge in [-0.2, -0.15) is 0 Å². The fourth-order valence-electron chi connectivity index (χ4n) is 5.17. The average Bonchev–Trinajstić information content (AvgIpc) is 3.00. The molecule has 1 unspecified atom stereocenters. The van der Waals surface area contributed by atoms with Gasteiger partial charge in [-0.25, -0.2) is 9.59 Å². The summed E-state index contributed by atoms with van der Waals surface area (Å²) in [5, 5.41) is 14.7. The Hall–Kier alpha value is -4.61. The molecule has 0 amide bonds. The molecule has 0 bridgehead atoms. The molecule has 5 aromatic carbocycles. The zero-order chi connectivity index (χ0) is 32.1. The number of aryl methyl sites for hydroxylation is 1. The zero-order valence-corrected chi connectivity index (χ0v) is 27.0. The standard InChI is InChI=1S/C37H37O7P/c1-22(2)42-36(39)29-20-25-13-7-9-15-27(25)32(34(29)38)33-28-16-10-8-14-26(28)21-30(37(40)43-23(3)4)35(33)41-18-19-45-44-31-17-11-6-12-24(31)5/h6-17,20-23,38,45H,18-19H2,1-5H3. The Bertz CT molecular complexity index is 1860. The highest BCUT2D eigenvalue weighted by atomic mass is 31.1. The van der Waals surface area contributed by atoms with Crippen molar-refractivity contribution in [2.24, 2.45) is 0 Å². The monoisotopic (exact) mass is 624 g/mol. The molecule has 0 spiro atoms. The third-order valence-corrected chi connectivity index (χ3v) is 7.90. The van der Waals surface area contributed by atoms with Crippen molar-refractivity contribution in [3.63, 3.8) is 0 Å². The fourth-order valence-corrected chi connectivity index (χ4v) is 5.85. The van der Waals surface area contributed by atoms with E-state index in [0.29, 0.717) is 22.7 Å². The van der Waals surface area contributed by atoms with E-state index in [-0.39, 0.29) is 50.2 Å². The molecular formula is C37H37O7P. The second-order valence-electron chi connectivity index (χ2n) is 11.2. The number of fused-ring (bicyclic) bond motifs is 2. The van der Waals surface area contributed by atoms with Crippen LogP contribution in [0.25, 0.3) is 32.7 Å². The molecule has 0 radical (unpaired) electrons. The number of hydrogen-bond donors (Lipinski definition) is 1. The first-order chi connectivity index (χ1) is 21.7. The first kappa shape index (κ1) is 31.8. The van der Waals surface area contributed by atoms with E-state index in [1.165, 1.54) is 0 Å². The highest BCUT2D eigenvalue weighted by Crippen LogP contribution is 2.48. The van der Waals surface area contributed by atoms with E-state index in [1.807, 2.05) is 79.7 Å². The van der Waals surface area contributed by atoms with Crippen LogP contribution < -0.4 is 9.26 Å². The lowest BCUT2D eigenvalue weighted by molar-refractivity contribution is 0.0363. The summed E-state index contributed by atoms with van der Waals surface area (Å²) < 4.78 is 23.6. The van der Waals surface area contributed by atoms with E-state index in [4.69, 9.17) is 18.7 Å². The largest absolute Gasteiger partial charge is 0.506 e. The number of carbonyl (C=O) groups excluding carboxylic acids is 2. The maximum atomic E-state index is 13.6. The van der Waals surface area contributed by atoms with Gasteiger partial charge in [0, 0.05) is 17.3 Å². The Labute approximate surface area is 264 Å². The molecule has 1 atom stereocenters. The SMILES string of the molecule is Cc1ccccc1OPCCOc1c(C(=O)OC(C)C)cc2ccccc2c1-c1c(O)c(C(=O)OC(C)C)cc2ccccc12. The first-order valence-corrected chi connectivity index (χ1v) is 16.1. The number of aromatic hydroxyl groups is 1. The lowest BCUT2D eigenvalue weighted by Crippen LogP contribution is -2.15. The minimum atomic E-state index is -0.647. The van der Waals surface area contributed by atoms with Gasteiger partial charge in [0.25, 0.3) is 0 Å². The number of esters is 2. The minimum Gasteiger partial charge on any atom is -0.506 e. The first-order valence-electron chi connectivity index (χ1n) is 15.0. The number of carbonyl (C=O) groups is 2. The van der Waals surface area contributed by atoms with Gasteiger partial charge in [-0.3, -0.25) is 0 Å². The van der Waals surface area contributed by atoms with Crippen molar-refractivity contribution < 1.29 is 33.4 Å². The molecule has 0 aliphatic carbocycles. The Morgan fingerprint density at radius 3 is 1.89 bits per heavy atom. The smallest absolute Gasteiger partial charge is 0.342 e. The van der Waals surface area contributed by atoms with Gasteiger partial charge < -0.3 is 23.8 Å². The lowest BCUT2D eigenvalue weighted by atomic mass is 9.88. The number of phenols is 1. The molecule has 232 valence electrons. The van der Waals surface area contributed by atoms with Crippen LogP contribution in [-0.4, -0.2) is 42.0 Å². The molecule has 7 nitrogen and oxygen atoms in total. The highest BCUT2D eigenvalue weighted by Gasteiger charge is 2.28. The van der Waals surface area contributed by atoms with Crippen molar-refractivity contribution in [2.75, 3.05) is 12.8 Å². The number of rotatable bonds is 11. The molecule has 5 aromatic rings. The van der Waals surface area contributed by atoms with E-state index in [1.54, 1.807) is 39.8 Å². The van der Waals surface area contributed by atoms with E-state index in [0.717, 1.165) is 27.5 Å². The molecule has 1 N–H and O–H groups in total. The van der Waals surface area contributed by atoms with Gasteiger partial charge >= 0.3 is 11.9 Å². The molecule has 5 rings (SSSR count). The fraction of sp³-hybridized carbons (Fsp3) is 0.243. The molecule has 8 heteroatoms. The Kier molecular flexibility index (Phi) is 9.90. The Morgan fingerprint density at radius 2 is 1.27 bits per heavy atom. The third-order valence-electron chi connectivity index (χ3n) is 7.13. The number of hydrogen-bond acceptors (Lipinski definition) is 7. The van der Waals surface area contributed by atoms with Crippen molar-refractivity contribution in [3.05, 3.63) is 102 Å². The summed E-state index contributed by atoms with van der Waals surface area (Å²) in [6.07, 6.45) is -0.205. The third kappa shape index (κ3) is 7.05. The number of benzene rings is 5. The zero-order valence-electron chi connectivity index (χ0n) is 26.0. The van der Waals surface area contributed by atoms with Crippen LogP contribution in [0, 0.1) is 6.92 Å².